The monoisotopic (exact) mass is 464 g/mol. The first-order valence-corrected chi connectivity index (χ1v) is 13.1. The first-order chi connectivity index (χ1) is 14.4. The second kappa shape index (κ2) is 17.4. The topological polar surface area (TPSA) is 71.1 Å². The number of hydrogen-bond acceptors (Lipinski definition) is 8. The van der Waals surface area contributed by atoms with Gasteiger partial charge in [-0.25, -0.2) is 0 Å². The molecule has 0 aromatic carbocycles. The van der Waals surface area contributed by atoms with Gasteiger partial charge >= 0.3 is 0 Å². The van der Waals surface area contributed by atoms with Crippen LogP contribution in [0.5, 0.6) is 0 Å². The van der Waals surface area contributed by atoms with E-state index in [9.17, 15) is 9.59 Å². The molecule has 30 heavy (non-hydrogen) atoms. The molecule has 1 aliphatic carbocycles. The summed E-state index contributed by atoms with van der Waals surface area (Å²) in [5.74, 6) is 2.79. The van der Waals surface area contributed by atoms with Gasteiger partial charge in [-0.3, -0.25) is 9.59 Å². The number of carbonyl (C=O) groups is 2. The van der Waals surface area contributed by atoms with Crippen LogP contribution < -0.4 is 0 Å². The van der Waals surface area contributed by atoms with Crippen molar-refractivity contribution in [1.82, 2.24) is 0 Å². The van der Waals surface area contributed by atoms with Gasteiger partial charge in [0.05, 0.1) is 26.4 Å². The Morgan fingerprint density at radius 2 is 1.10 bits per heavy atom. The average Bonchev–Trinajstić information content (AvgIpc) is 2.70. The Bertz CT molecular complexity index is 427. The van der Waals surface area contributed by atoms with Gasteiger partial charge in [-0.2, -0.15) is 0 Å². The summed E-state index contributed by atoms with van der Waals surface area (Å²) >= 11 is 2.68. The molecule has 0 bridgehead atoms. The van der Waals surface area contributed by atoms with E-state index in [1.54, 1.807) is 13.8 Å². The molecule has 8 heteroatoms. The van der Waals surface area contributed by atoms with Gasteiger partial charge in [0.25, 0.3) is 0 Å². The van der Waals surface area contributed by atoms with Crippen LogP contribution in [0.1, 0.15) is 66.2 Å². The van der Waals surface area contributed by atoms with Gasteiger partial charge in [-0.15, -0.1) is 0 Å². The minimum absolute atomic E-state index is 0.155. The van der Waals surface area contributed by atoms with Gasteiger partial charge in [0.15, 0.2) is 22.8 Å². The van der Waals surface area contributed by atoms with E-state index < -0.39 is 0 Å². The fourth-order valence-corrected chi connectivity index (χ4v) is 4.35. The van der Waals surface area contributed by atoms with Crippen molar-refractivity contribution in [3.63, 3.8) is 0 Å². The van der Waals surface area contributed by atoms with Crippen LogP contribution in [0, 0.1) is 11.8 Å². The number of carbonyl (C=O) groups excluding carboxylic acids is 2. The van der Waals surface area contributed by atoms with E-state index in [0.29, 0.717) is 25.0 Å². The van der Waals surface area contributed by atoms with E-state index in [4.69, 9.17) is 18.9 Å². The molecule has 0 aromatic rings. The van der Waals surface area contributed by atoms with Crippen LogP contribution in [-0.4, -0.2) is 60.7 Å². The normalized spacial score (nSPS) is 21.3. The van der Waals surface area contributed by atoms with E-state index in [1.807, 2.05) is 13.8 Å². The summed E-state index contributed by atoms with van der Waals surface area (Å²) in [5.41, 5.74) is 0. The van der Waals surface area contributed by atoms with Gasteiger partial charge in [0.1, 0.15) is 0 Å². The average molecular weight is 465 g/mol. The molecule has 0 N–H and O–H groups in total. The summed E-state index contributed by atoms with van der Waals surface area (Å²) in [5, 5.41) is 0.310. The van der Waals surface area contributed by atoms with Crippen molar-refractivity contribution in [2.24, 2.45) is 11.8 Å². The molecule has 2 atom stereocenters. The van der Waals surface area contributed by atoms with E-state index >= 15 is 0 Å². The fourth-order valence-electron chi connectivity index (χ4n) is 3.25. The molecule has 1 saturated carbocycles. The molecule has 0 heterocycles. The van der Waals surface area contributed by atoms with Crippen LogP contribution in [0.15, 0.2) is 0 Å². The van der Waals surface area contributed by atoms with Crippen molar-refractivity contribution >= 4 is 33.8 Å². The molecule has 1 rings (SSSR count). The van der Waals surface area contributed by atoms with Crippen molar-refractivity contribution in [3.05, 3.63) is 0 Å². The molecule has 6 nitrogen and oxygen atoms in total. The molecule has 0 aliphatic heterocycles. The number of rotatable bonds is 16. The standard InChI is InChI=1S/C22H40O6S2/c1-17(23)29-13-5-11-25-19(3)27-15-21-7-9-22(10-8-21)16-28-20(4)26-12-6-14-30-18(2)24/h19-22H,5-16H2,1-4H3. The third kappa shape index (κ3) is 15.6. The smallest absolute Gasteiger partial charge is 0.185 e. The van der Waals surface area contributed by atoms with E-state index in [2.05, 4.69) is 0 Å². The zero-order chi connectivity index (χ0) is 22.2. The second-order valence-electron chi connectivity index (χ2n) is 7.82. The van der Waals surface area contributed by atoms with E-state index in [1.165, 1.54) is 23.5 Å². The maximum Gasteiger partial charge on any atom is 0.185 e. The maximum atomic E-state index is 10.9. The first-order valence-electron chi connectivity index (χ1n) is 11.1. The Morgan fingerprint density at radius 3 is 1.43 bits per heavy atom. The lowest BCUT2D eigenvalue weighted by Crippen LogP contribution is -2.26. The minimum atomic E-state index is -0.194. The molecule has 2 unspecified atom stereocenters. The van der Waals surface area contributed by atoms with Gasteiger partial charge < -0.3 is 18.9 Å². The van der Waals surface area contributed by atoms with Crippen LogP contribution in [0.3, 0.4) is 0 Å². The Balaban J connectivity index is 1.99. The van der Waals surface area contributed by atoms with Crippen LogP contribution in [0.4, 0.5) is 0 Å². The zero-order valence-corrected chi connectivity index (χ0v) is 20.7. The summed E-state index contributed by atoms with van der Waals surface area (Å²) in [4.78, 5) is 21.7. The number of hydrogen-bond donors (Lipinski definition) is 0. The molecule has 0 saturated heterocycles. The zero-order valence-electron chi connectivity index (χ0n) is 19.1. The molecule has 0 aromatic heterocycles. The highest BCUT2D eigenvalue weighted by molar-refractivity contribution is 8.13. The SMILES string of the molecule is CC(=O)SCCCOC(C)OCC1CCC(COC(C)OCCCSC(C)=O)CC1. The highest BCUT2D eigenvalue weighted by Crippen LogP contribution is 2.29. The van der Waals surface area contributed by atoms with E-state index in [0.717, 1.165) is 63.2 Å². The predicted octanol–water partition coefficient (Wildman–Crippen LogP) is 4.89. The molecule has 0 spiro atoms. The highest BCUT2D eigenvalue weighted by atomic mass is 32.2. The lowest BCUT2D eigenvalue weighted by molar-refractivity contribution is -0.147. The highest BCUT2D eigenvalue weighted by Gasteiger charge is 2.22. The summed E-state index contributed by atoms with van der Waals surface area (Å²) in [6.45, 7) is 9.81. The quantitative estimate of drug-likeness (QED) is 0.236. The van der Waals surface area contributed by atoms with Gasteiger partial charge in [-0.1, -0.05) is 23.5 Å². The van der Waals surface area contributed by atoms with Crippen LogP contribution in [0.2, 0.25) is 0 Å². The van der Waals surface area contributed by atoms with E-state index in [-0.39, 0.29) is 22.8 Å². The van der Waals surface area contributed by atoms with Crippen molar-refractivity contribution in [1.29, 1.82) is 0 Å². The summed E-state index contributed by atoms with van der Waals surface area (Å²) in [6, 6.07) is 0. The minimum Gasteiger partial charge on any atom is -0.353 e. The lowest BCUT2D eigenvalue weighted by atomic mass is 9.83. The Labute approximate surface area is 190 Å². The predicted molar refractivity (Wildman–Crippen MR) is 124 cm³/mol. The molecule has 0 radical (unpaired) electrons. The molecular formula is C22H40O6S2. The Hall–Kier alpha value is -0.120. The van der Waals surface area contributed by atoms with Crippen molar-refractivity contribution in [2.45, 2.75) is 78.8 Å². The van der Waals surface area contributed by atoms with Gasteiger partial charge in [0.2, 0.25) is 0 Å². The summed E-state index contributed by atoms with van der Waals surface area (Å²) in [6.07, 6.45) is 5.98. The van der Waals surface area contributed by atoms with Crippen LogP contribution >= 0.6 is 23.5 Å². The molecular weight excluding hydrogens is 424 g/mol. The summed E-state index contributed by atoms with van der Waals surface area (Å²) in [7, 11) is 0. The molecule has 176 valence electrons. The third-order valence-corrected chi connectivity index (χ3v) is 6.79. The second-order valence-corrected chi connectivity index (χ2v) is 10.4. The Morgan fingerprint density at radius 1 is 0.733 bits per heavy atom. The molecule has 0 amide bonds. The largest absolute Gasteiger partial charge is 0.353 e. The van der Waals surface area contributed by atoms with Gasteiger partial charge in [0, 0.05) is 25.4 Å². The fraction of sp³-hybridized carbons (Fsp3) is 0.909. The first kappa shape index (κ1) is 27.9. The van der Waals surface area contributed by atoms with Crippen LogP contribution in [-0.2, 0) is 28.5 Å². The lowest BCUT2D eigenvalue weighted by Gasteiger charge is -2.29. The summed E-state index contributed by atoms with van der Waals surface area (Å²) < 4.78 is 23.0. The Kier molecular flexibility index (Phi) is 16.2. The van der Waals surface area contributed by atoms with Crippen molar-refractivity contribution < 1.29 is 28.5 Å². The van der Waals surface area contributed by atoms with Crippen molar-refractivity contribution in [3.8, 4) is 0 Å². The number of thioether (sulfide) groups is 2. The maximum absolute atomic E-state index is 10.9. The van der Waals surface area contributed by atoms with Crippen molar-refractivity contribution in [2.75, 3.05) is 37.9 Å². The molecule has 1 fully saturated rings. The van der Waals surface area contributed by atoms with Crippen LogP contribution in [0.25, 0.3) is 0 Å². The number of ether oxygens (including phenoxy) is 4. The third-order valence-electron chi connectivity index (χ3n) is 4.99. The molecule has 1 aliphatic rings. The van der Waals surface area contributed by atoms with Gasteiger partial charge in [-0.05, 0) is 64.2 Å².